The highest BCUT2D eigenvalue weighted by atomic mass is 35.5. The topological polar surface area (TPSA) is 26.0 Å². The van der Waals surface area contributed by atoms with Crippen molar-refractivity contribution in [2.24, 2.45) is 11.7 Å². The summed E-state index contributed by atoms with van der Waals surface area (Å²) in [7, 11) is 0. The van der Waals surface area contributed by atoms with Crippen LogP contribution in [0.2, 0.25) is 5.02 Å². The Morgan fingerprint density at radius 3 is 2.44 bits per heavy atom. The second-order valence-electron chi connectivity index (χ2n) is 4.18. The van der Waals surface area contributed by atoms with E-state index in [4.69, 9.17) is 17.3 Å². The molecule has 0 radical (unpaired) electrons. The largest absolute Gasteiger partial charge is 0.327 e. The van der Waals surface area contributed by atoms with Crippen LogP contribution in [0.5, 0.6) is 0 Å². The molecule has 1 unspecified atom stereocenters. The van der Waals surface area contributed by atoms with Crippen LogP contribution in [0.3, 0.4) is 0 Å². The average Bonchev–Trinajstić information content (AvgIpc) is 2.24. The van der Waals surface area contributed by atoms with Gasteiger partial charge in [-0.05, 0) is 30.0 Å². The van der Waals surface area contributed by atoms with Gasteiger partial charge in [-0.25, -0.2) is 4.39 Å². The molecule has 16 heavy (non-hydrogen) atoms. The molecule has 0 bridgehead atoms. The molecule has 0 aliphatic heterocycles. The van der Waals surface area contributed by atoms with E-state index in [0.717, 1.165) is 12.8 Å². The fraction of sp³-hybridized carbons (Fsp3) is 0.538. The summed E-state index contributed by atoms with van der Waals surface area (Å²) in [5.41, 5.74) is 6.73. The summed E-state index contributed by atoms with van der Waals surface area (Å²) >= 11 is 5.70. The minimum absolute atomic E-state index is 0.0191. The van der Waals surface area contributed by atoms with Crippen LogP contribution in [0.15, 0.2) is 18.2 Å². The first kappa shape index (κ1) is 13.5. The van der Waals surface area contributed by atoms with Crippen LogP contribution >= 0.6 is 11.6 Å². The third kappa shape index (κ3) is 3.46. The maximum atomic E-state index is 13.5. The van der Waals surface area contributed by atoms with Crippen LogP contribution in [-0.2, 0) is 6.42 Å². The number of halogens is 2. The second kappa shape index (κ2) is 6.21. The molecule has 0 saturated carbocycles. The van der Waals surface area contributed by atoms with Crippen LogP contribution in [0.25, 0.3) is 0 Å². The molecule has 1 rings (SSSR count). The molecular formula is C13H19ClFN. The number of hydrogen-bond donors (Lipinski definition) is 1. The molecule has 1 nitrogen and oxygen atoms in total. The highest BCUT2D eigenvalue weighted by molar-refractivity contribution is 6.30. The minimum atomic E-state index is -0.256. The molecule has 0 saturated heterocycles. The van der Waals surface area contributed by atoms with Gasteiger partial charge in [-0.1, -0.05) is 44.4 Å². The Labute approximate surface area is 102 Å². The zero-order valence-corrected chi connectivity index (χ0v) is 10.6. The van der Waals surface area contributed by atoms with Crippen molar-refractivity contribution >= 4 is 11.6 Å². The van der Waals surface area contributed by atoms with Gasteiger partial charge in [0, 0.05) is 11.1 Å². The number of benzene rings is 1. The van der Waals surface area contributed by atoms with Gasteiger partial charge >= 0.3 is 0 Å². The van der Waals surface area contributed by atoms with E-state index in [-0.39, 0.29) is 11.9 Å². The molecule has 1 aromatic carbocycles. The summed E-state index contributed by atoms with van der Waals surface area (Å²) in [4.78, 5) is 0. The Morgan fingerprint density at radius 1 is 1.31 bits per heavy atom. The average molecular weight is 244 g/mol. The molecule has 3 heteroatoms. The predicted octanol–water partition coefficient (Wildman–Crippen LogP) is 3.79. The van der Waals surface area contributed by atoms with E-state index in [1.807, 2.05) is 0 Å². The molecule has 90 valence electrons. The quantitative estimate of drug-likeness (QED) is 0.837. The first-order valence-corrected chi connectivity index (χ1v) is 6.15. The molecule has 0 fully saturated rings. The predicted molar refractivity (Wildman–Crippen MR) is 67.2 cm³/mol. The van der Waals surface area contributed by atoms with Crippen molar-refractivity contribution < 1.29 is 4.39 Å². The normalized spacial score (nSPS) is 13.1. The monoisotopic (exact) mass is 243 g/mol. The van der Waals surface area contributed by atoms with Gasteiger partial charge in [0.05, 0.1) is 0 Å². The van der Waals surface area contributed by atoms with E-state index in [2.05, 4.69) is 13.8 Å². The molecule has 2 N–H and O–H groups in total. The Bertz CT molecular complexity index is 337. The van der Waals surface area contributed by atoms with E-state index >= 15 is 0 Å². The maximum Gasteiger partial charge on any atom is 0.127 e. The fourth-order valence-electron chi connectivity index (χ4n) is 2.00. The molecule has 1 atom stereocenters. The first-order chi connectivity index (χ1) is 7.58. The third-order valence-electron chi connectivity index (χ3n) is 3.12. The molecular weight excluding hydrogens is 225 g/mol. The Kier molecular flexibility index (Phi) is 5.23. The molecule has 0 aliphatic carbocycles. The van der Waals surface area contributed by atoms with Crippen LogP contribution in [0, 0.1) is 11.7 Å². The van der Waals surface area contributed by atoms with E-state index in [0.29, 0.717) is 22.9 Å². The van der Waals surface area contributed by atoms with Crippen LogP contribution in [0.4, 0.5) is 4.39 Å². The van der Waals surface area contributed by atoms with Crippen molar-refractivity contribution in [3.05, 3.63) is 34.6 Å². The lowest BCUT2D eigenvalue weighted by molar-refractivity contribution is 0.390. The molecule has 0 aromatic heterocycles. The highest BCUT2D eigenvalue weighted by Gasteiger charge is 2.16. The standard InChI is InChI=1S/C13H19ClFN/c1-3-9(4-2)13(16)7-10-5-6-11(14)8-12(10)15/h5-6,8-9,13H,3-4,7,16H2,1-2H3. The Hall–Kier alpha value is -0.600. The summed E-state index contributed by atoms with van der Waals surface area (Å²) in [6.45, 7) is 4.23. The Morgan fingerprint density at radius 2 is 1.94 bits per heavy atom. The van der Waals surface area contributed by atoms with Gasteiger partial charge in [0.2, 0.25) is 0 Å². The van der Waals surface area contributed by atoms with Crippen molar-refractivity contribution in [1.29, 1.82) is 0 Å². The van der Waals surface area contributed by atoms with Crippen LogP contribution in [0.1, 0.15) is 32.3 Å². The smallest absolute Gasteiger partial charge is 0.127 e. The summed E-state index contributed by atoms with van der Waals surface area (Å²) in [5.74, 6) is 0.198. The molecule has 0 heterocycles. The molecule has 1 aromatic rings. The highest BCUT2D eigenvalue weighted by Crippen LogP contribution is 2.19. The van der Waals surface area contributed by atoms with Gasteiger partial charge in [0.25, 0.3) is 0 Å². The van der Waals surface area contributed by atoms with Gasteiger partial charge in [0.1, 0.15) is 5.82 Å². The second-order valence-corrected chi connectivity index (χ2v) is 4.62. The van der Waals surface area contributed by atoms with E-state index < -0.39 is 0 Å². The van der Waals surface area contributed by atoms with Gasteiger partial charge in [-0.2, -0.15) is 0 Å². The summed E-state index contributed by atoms with van der Waals surface area (Å²) in [6, 6.07) is 4.79. The first-order valence-electron chi connectivity index (χ1n) is 5.78. The molecule has 0 amide bonds. The lowest BCUT2D eigenvalue weighted by Gasteiger charge is -2.21. The zero-order chi connectivity index (χ0) is 12.1. The van der Waals surface area contributed by atoms with Gasteiger partial charge < -0.3 is 5.73 Å². The fourth-order valence-corrected chi connectivity index (χ4v) is 2.16. The van der Waals surface area contributed by atoms with E-state index in [9.17, 15) is 4.39 Å². The van der Waals surface area contributed by atoms with Crippen molar-refractivity contribution in [3.63, 3.8) is 0 Å². The minimum Gasteiger partial charge on any atom is -0.327 e. The van der Waals surface area contributed by atoms with Gasteiger partial charge in [-0.15, -0.1) is 0 Å². The zero-order valence-electron chi connectivity index (χ0n) is 9.84. The van der Waals surface area contributed by atoms with Crippen molar-refractivity contribution in [1.82, 2.24) is 0 Å². The van der Waals surface area contributed by atoms with E-state index in [1.54, 1.807) is 12.1 Å². The Balaban J connectivity index is 2.72. The number of hydrogen-bond acceptors (Lipinski definition) is 1. The summed E-state index contributed by atoms with van der Waals surface area (Å²) in [6.07, 6.45) is 2.65. The van der Waals surface area contributed by atoms with Gasteiger partial charge in [0.15, 0.2) is 0 Å². The molecule has 0 aliphatic rings. The lowest BCUT2D eigenvalue weighted by Crippen LogP contribution is -2.31. The summed E-state index contributed by atoms with van der Waals surface area (Å²) < 4.78 is 13.5. The summed E-state index contributed by atoms with van der Waals surface area (Å²) in [5, 5.41) is 0.428. The van der Waals surface area contributed by atoms with E-state index in [1.165, 1.54) is 6.07 Å². The lowest BCUT2D eigenvalue weighted by atomic mass is 9.90. The van der Waals surface area contributed by atoms with Crippen molar-refractivity contribution in [2.45, 2.75) is 39.2 Å². The maximum absolute atomic E-state index is 13.5. The van der Waals surface area contributed by atoms with Gasteiger partial charge in [-0.3, -0.25) is 0 Å². The number of rotatable bonds is 5. The van der Waals surface area contributed by atoms with Crippen molar-refractivity contribution in [2.75, 3.05) is 0 Å². The van der Waals surface area contributed by atoms with Crippen LogP contribution in [-0.4, -0.2) is 6.04 Å². The molecule has 0 spiro atoms. The van der Waals surface area contributed by atoms with Crippen molar-refractivity contribution in [3.8, 4) is 0 Å². The number of nitrogens with two attached hydrogens (primary N) is 1. The van der Waals surface area contributed by atoms with Crippen LogP contribution < -0.4 is 5.73 Å². The third-order valence-corrected chi connectivity index (χ3v) is 3.36. The SMILES string of the molecule is CCC(CC)C(N)Cc1ccc(Cl)cc1F.